The van der Waals surface area contributed by atoms with Crippen molar-refractivity contribution in [2.75, 3.05) is 0 Å². The highest BCUT2D eigenvalue weighted by Gasteiger charge is 2.40. The third-order valence-electron chi connectivity index (χ3n) is 3.90. The Kier molecular flexibility index (Phi) is 2.97. The van der Waals surface area contributed by atoms with Gasteiger partial charge in [0.2, 0.25) is 0 Å². The van der Waals surface area contributed by atoms with Crippen LogP contribution in [0.3, 0.4) is 0 Å². The van der Waals surface area contributed by atoms with Gasteiger partial charge in [0.1, 0.15) is 11.8 Å². The van der Waals surface area contributed by atoms with Crippen molar-refractivity contribution in [2.45, 2.75) is 31.2 Å². The number of carbonyl (C=O) groups excluding carboxylic acids is 1. The first-order valence-electron chi connectivity index (χ1n) is 6.60. The zero-order chi connectivity index (χ0) is 14.2. The first-order valence-corrected chi connectivity index (χ1v) is 6.60. The third kappa shape index (κ3) is 2.15. The van der Waals surface area contributed by atoms with Crippen molar-refractivity contribution >= 4 is 22.8 Å². The van der Waals surface area contributed by atoms with Crippen LogP contribution in [0.5, 0.6) is 0 Å². The van der Waals surface area contributed by atoms with Crippen molar-refractivity contribution in [3.63, 3.8) is 0 Å². The summed E-state index contributed by atoms with van der Waals surface area (Å²) in [5, 5.41) is 12.6. The van der Waals surface area contributed by atoms with Gasteiger partial charge in [0.25, 0.3) is 5.91 Å². The molecule has 3 rings (SSSR count). The maximum Gasteiger partial charge on any atom is 0.305 e. The molecule has 0 atom stereocenters. The Morgan fingerprint density at radius 3 is 2.70 bits per heavy atom. The van der Waals surface area contributed by atoms with Crippen molar-refractivity contribution in [3.8, 4) is 0 Å². The summed E-state index contributed by atoms with van der Waals surface area (Å²) in [5.41, 5.74) is 0.511. The second-order valence-corrected chi connectivity index (χ2v) is 5.30. The molecule has 0 saturated heterocycles. The lowest BCUT2D eigenvalue weighted by Crippen LogP contribution is -2.54. The standard InChI is InChI=1S/C15H15NO4/c17-13(18)8-15(6-3-7-15)16-14(19)11-9-20-12-5-2-1-4-10(11)12/h1-2,4-5,9H,3,6-8H2,(H,16,19)(H,17,18). The van der Waals surface area contributed by atoms with E-state index in [1.165, 1.54) is 6.26 Å². The Morgan fingerprint density at radius 2 is 2.05 bits per heavy atom. The van der Waals surface area contributed by atoms with Crippen LogP contribution < -0.4 is 5.32 Å². The molecule has 1 aromatic heterocycles. The molecular weight excluding hydrogens is 258 g/mol. The fraction of sp³-hybridized carbons (Fsp3) is 0.333. The number of hydrogen-bond acceptors (Lipinski definition) is 3. The molecule has 104 valence electrons. The van der Waals surface area contributed by atoms with Crippen LogP contribution >= 0.6 is 0 Å². The van der Waals surface area contributed by atoms with Crippen LogP contribution in [0.25, 0.3) is 11.0 Å². The summed E-state index contributed by atoms with van der Waals surface area (Å²) in [6.07, 6.45) is 3.75. The van der Waals surface area contributed by atoms with Crippen molar-refractivity contribution in [1.82, 2.24) is 5.32 Å². The zero-order valence-corrected chi connectivity index (χ0v) is 10.9. The van der Waals surface area contributed by atoms with Gasteiger partial charge in [0.15, 0.2) is 0 Å². The largest absolute Gasteiger partial charge is 0.481 e. The molecule has 5 nitrogen and oxygen atoms in total. The summed E-state index contributed by atoms with van der Waals surface area (Å²) in [7, 11) is 0. The number of benzene rings is 1. The SMILES string of the molecule is O=C(O)CC1(NC(=O)c2coc3ccccc23)CCC1. The van der Waals surface area contributed by atoms with Crippen LogP contribution in [-0.4, -0.2) is 22.5 Å². The van der Waals surface area contributed by atoms with Crippen LogP contribution in [0.2, 0.25) is 0 Å². The fourth-order valence-corrected chi connectivity index (χ4v) is 2.70. The van der Waals surface area contributed by atoms with Crippen LogP contribution in [-0.2, 0) is 4.79 Å². The number of nitrogens with one attached hydrogen (secondary N) is 1. The summed E-state index contributed by atoms with van der Waals surface area (Å²) >= 11 is 0. The number of para-hydroxylation sites is 1. The molecule has 1 aliphatic carbocycles. The smallest absolute Gasteiger partial charge is 0.305 e. The van der Waals surface area contributed by atoms with Crippen molar-refractivity contribution in [1.29, 1.82) is 0 Å². The van der Waals surface area contributed by atoms with E-state index in [-0.39, 0.29) is 12.3 Å². The minimum absolute atomic E-state index is 0.0332. The van der Waals surface area contributed by atoms with Gasteiger partial charge < -0.3 is 14.8 Å². The maximum atomic E-state index is 12.3. The number of furan rings is 1. The van der Waals surface area contributed by atoms with E-state index in [1.807, 2.05) is 18.2 Å². The van der Waals surface area contributed by atoms with Crippen molar-refractivity contribution < 1.29 is 19.1 Å². The van der Waals surface area contributed by atoms with E-state index in [4.69, 9.17) is 9.52 Å². The molecule has 1 aromatic carbocycles. The summed E-state index contributed by atoms with van der Waals surface area (Å²) in [4.78, 5) is 23.3. The zero-order valence-electron chi connectivity index (χ0n) is 10.9. The van der Waals surface area contributed by atoms with Gasteiger partial charge in [-0.3, -0.25) is 9.59 Å². The number of hydrogen-bond donors (Lipinski definition) is 2. The normalized spacial score (nSPS) is 16.6. The molecule has 2 aromatic rings. The topological polar surface area (TPSA) is 79.5 Å². The molecule has 1 aliphatic rings. The van der Waals surface area contributed by atoms with Crippen LogP contribution in [0.4, 0.5) is 0 Å². The second-order valence-electron chi connectivity index (χ2n) is 5.30. The van der Waals surface area contributed by atoms with E-state index in [2.05, 4.69) is 5.32 Å². The first-order chi connectivity index (χ1) is 9.60. The molecule has 5 heteroatoms. The second kappa shape index (κ2) is 4.67. The lowest BCUT2D eigenvalue weighted by Gasteiger charge is -2.41. The first kappa shape index (κ1) is 12.7. The highest BCUT2D eigenvalue weighted by molar-refractivity contribution is 6.06. The van der Waals surface area contributed by atoms with E-state index in [9.17, 15) is 9.59 Å². The van der Waals surface area contributed by atoms with Gasteiger partial charge in [-0.2, -0.15) is 0 Å². The average Bonchev–Trinajstić information content (AvgIpc) is 2.79. The van der Waals surface area contributed by atoms with Gasteiger partial charge in [-0.25, -0.2) is 0 Å². The number of rotatable bonds is 4. The van der Waals surface area contributed by atoms with Crippen molar-refractivity contribution in [2.24, 2.45) is 0 Å². The Bertz CT molecular complexity index is 669. The molecule has 0 radical (unpaired) electrons. The molecule has 1 fully saturated rings. The van der Waals surface area contributed by atoms with Gasteiger partial charge in [-0.15, -0.1) is 0 Å². The summed E-state index contributed by atoms with van der Waals surface area (Å²) in [6, 6.07) is 7.29. The summed E-state index contributed by atoms with van der Waals surface area (Å²) in [5.74, 6) is -1.15. The van der Waals surface area contributed by atoms with Gasteiger partial charge in [-0.1, -0.05) is 18.2 Å². The lowest BCUT2D eigenvalue weighted by atomic mass is 9.74. The molecule has 1 saturated carbocycles. The number of amides is 1. The van der Waals surface area contributed by atoms with Gasteiger partial charge in [-0.05, 0) is 25.3 Å². The minimum Gasteiger partial charge on any atom is -0.481 e. The quantitative estimate of drug-likeness (QED) is 0.897. The highest BCUT2D eigenvalue weighted by Crippen LogP contribution is 2.35. The lowest BCUT2D eigenvalue weighted by molar-refractivity contribution is -0.139. The van der Waals surface area contributed by atoms with E-state index >= 15 is 0 Å². The van der Waals surface area contributed by atoms with Gasteiger partial charge >= 0.3 is 5.97 Å². The van der Waals surface area contributed by atoms with Gasteiger partial charge in [0, 0.05) is 5.39 Å². The molecule has 1 amide bonds. The summed E-state index contributed by atoms with van der Waals surface area (Å²) < 4.78 is 5.34. The Morgan fingerprint density at radius 1 is 1.30 bits per heavy atom. The fourth-order valence-electron chi connectivity index (χ4n) is 2.70. The molecule has 2 N–H and O–H groups in total. The predicted octanol–water partition coefficient (Wildman–Crippen LogP) is 2.56. The average molecular weight is 273 g/mol. The molecule has 1 heterocycles. The number of carboxylic acids is 1. The Labute approximate surface area is 115 Å². The van der Waals surface area contributed by atoms with Crippen molar-refractivity contribution in [3.05, 3.63) is 36.1 Å². The van der Waals surface area contributed by atoms with E-state index in [1.54, 1.807) is 6.07 Å². The molecular formula is C15H15NO4. The molecule has 0 spiro atoms. The molecule has 0 unspecified atom stereocenters. The summed E-state index contributed by atoms with van der Waals surface area (Å²) in [6.45, 7) is 0. The van der Waals surface area contributed by atoms with E-state index < -0.39 is 11.5 Å². The van der Waals surface area contributed by atoms with Gasteiger partial charge in [0.05, 0.1) is 17.5 Å². The van der Waals surface area contributed by atoms with Crippen LogP contribution in [0.15, 0.2) is 34.9 Å². The Balaban J connectivity index is 1.84. The number of aliphatic carboxylic acids is 1. The van der Waals surface area contributed by atoms with E-state index in [0.29, 0.717) is 24.0 Å². The third-order valence-corrected chi connectivity index (χ3v) is 3.90. The number of carbonyl (C=O) groups is 2. The minimum atomic E-state index is -0.887. The highest BCUT2D eigenvalue weighted by atomic mass is 16.4. The maximum absolute atomic E-state index is 12.3. The monoisotopic (exact) mass is 273 g/mol. The molecule has 0 aliphatic heterocycles. The molecule has 0 bridgehead atoms. The number of carboxylic acid groups (broad SMARTS) is 1. The van der Waals surface area contributed by atoms with Crippen LogP contribution in [0, 0.1) is 0 Å². The van der Waals surface area contributed by atoms with Crippen LogP contribution in [0.1, 0.15) is 36.0 Å². The molecule has 20 heavy (non-hydrogen) atoms. The van der Waals surface area contributed by atoms with E-state index in [0.717, 1.165) is 11.8 Å². The predicted molar refractivity (Wildman–Crippen MR) is 72.5 cm³/mol. The number of fused-ring (bicyclic) bond motifs is 1. The Hall–Kier alpha value is -2.30.